The van der Waals surface area contributed by atoms with Crippen LogP contribution < -0.4 is 4.90 Å². The van der Waals surface area contributed by atoms with Crippen molar-refractivity contribution in [3.63, 3.8) is 0 Å². The molecule has 3 rings (SSSR count). The molecule has 2 atom stereocenters. The third-order valence-electron chi connectivity index (χ3n) is 4.90. The number of carbonyl (C=O) groups is 1. The molecule has 1 saturated heterocycles. The van der Waals surface area contributed by atoms with E-state index in [2.05, 4.69) is 62.7 Å². The highest BCUT2D eigenvalue weighted by molar-refractivity contribution is 5.97. The number of piperidine rings is 1. The lowest BCUT2D eigenvalue weighted by Gasteiger charge is -2.37. The van der Waals surface area contributed by atoms with Crippen molar-refractivity contribution in [2.45, 2.75) is 52.5 Å². The minimum absolute atomic E-state index is 0.0332. The molecular weight excluding hydrogens is 272 g/mol. The number of benzene rings is 1. The van der Waals surface area contributed by atoms with E-state index in [4.69, 9.17) is 0 Å². The Morgan fingerprint density at radius 3 is 2.73 bits per heavy atom. The summed E-state index contributed by atoms with van der Waals surface area (Å²) in [5.41, 5.74) is 3.85. The first kappa shape index (κ1) is 15.5. The molecule has 0 N–H and O–H groups in total. The van der Waals surface area contributed by atoms with Gasteiger partial charge in [-0.15, -0.1) is 0 Å². The lowest BCUT2D eigenvalue weighted by molar-refractivity contribution is -0.120. The number of anilines is 1. The maximum absolute atomic E-state index is 13.0. The van der Waals surface area contributed by atoms with Crippen molar-refractivity contribution in [2.75, 3.05) is 25.0 Å². The summed E-state index contributed by atoms with van der Waals surface area (Å²) in [6.45, 7) is 10.7. The average Bonchev–Trinajstić information content (AvgIpc) is 2.70. The molecule has 0 aliphatic carbocycles. The number of nitrogens with zero attached hydrogens (tertiary/aromatic N) is 2. The maximum Gasteiger partial charge on any atom is 0.227 e. The average molecular weight is 300 g/mol. The Morgan fingerprint density at radius 1 is 1.32 bits per heavy atom. The predicted octanol–water partition coefficient (Wildman–Crippen LogP) is 3.57. The standard InChI is InChI=1S/C19H28N2O/c1-13-6-7-16-14(10-13)15-12-20(5)9-8-17(15)21(16)18(22)11-19(2,3)4/h6-7,10,15,17H,8-9,11-12H2,1-5H3/t15-,17+/m1/s1. The van der Waals surface area contributed by atoms with Crippen LogP contribution in [-0.2, 0) is 4.79 Å². The molecule has 22 heavy (non-hydrogen) atoms. The van der Waals surface area contributed by atoms with Gasteiger partial charge in [0.15, 0.2) is 0 Å². The number of carbonyl (C=O) groups excluding carboxylic acids is 1. The molecule has 0 saturated carbocycles. The van der Waals surface area contributed by atoms with Gasteiger partial charge in [0, 0.05) is 30.6 Å². The fourth-order valence-electron chi connectivity index (χ4n) is 3.94. The molecule has 2 aliphatic rings. The molecule has 1 aromatic rings. The molecule has 0 unspecified atom stereocenters. The summed E-state index contributed by atoms with van der Waals surface area (Å²) < 4.78 is 0. The predicted molar refractivity (Wildman–Crippen MR) is 91.4 cm³/mol. The van der Waals surface area contributed by atoms with E-state index in [1.165, 1.54) is 11.1 Å². The Balaban J connectivity index is 1.98. The van der Waals surface area contributed by atoms with Gasteiger partial charge < -0.3 is 9.80 Å². The summed E-state index contributed by atoms with van der Waals surface area (Å²) in [5.74, 6) is 0.757. The van der Waals surface area contributed by atoms with Crippen molar-refractivity contribution < 1.29 is 4.79 Å². The fourth-order valence-corrected chi connectivity index (χ4v) is 3.94. The molecule has 1 aromatic carbocycles. The topological polar surface area (TPSA) is 23.6 Å². The monoisotopic (exact) mass is 300 g/mol. The highest BCUT2D eigenvalue weighted by Gasteiger charge is 2.44. The minimum Gasteiger partial charge on any atom is -0.308 e. The van der Waals surface area contributed by atoms with E-state index in [-0.39, 0.29) is 11.3 Å². The van der Waals surface area contributed by atoms with Gasteiger partial charge >= 0.3 is 0 Å². The summed E-state index contributed by atoms with van der Waals surface area (Å²) in [6.07, 6.45) is 1.68. The van der Waals surface area contributed by atoms with E-state index in [0.717, 1.165) is 25.2 Å². The number of aryl methyl sites for hydroxylation is 1. The second-order valence-electron chi connectivity index (χ2n) is 8.29. The number of rotatable bonds is 1. The van der Waals surface area contributed by atoms with E-state index < -0.39 is 0 Å². The zero-order valence-electron chi connectivity index (χ0n) is 14.5. The van der Waals surface area contributed by atoms with Crippen molar-refractivity contribution in [1.29, 1.82) is 0 Å². The van der Waals surface area contributed by atoms with Gasteiger partial charge in [-0.1, -0.05) is 38.5 Å². The highest BCUT2D eigenvalue weighted by Crippen LogP contribution is 2.45. The summed E-state index contributed by atoms with van der Waals surface area (Å²) in [5, 5.41) is 0. The van der Waals surface area contributed by atoms with E-state index in [1.807, 2.05) is 0 Å². The minimum atomic E-state index is 0.0332. The first-order valence-corrected chi connectivity index (χ1v) is 8.37. The molecule has 0 spiro atoms. The van der Waals surface area contributed by atoms with Gasteiger partial charge in [0.25, 0.3) is 0 Å². The zero-order chi connectivity index (χ0) is 16.1. The number of likely N-dealkylation sites (N-methyl/N-ethyl adjacent to an activating group) is 1. The first-order valence-electron chi connectivity index (χ1n) is 8.37. The van der Waals surface area contributed by atoms with E-state index >= 15 is 0 Å². The van der Waals surface area contributed by atoms with E-state index in [0.29, 0.717) is 18.4 Å². The van der Waals surface area contributed by atoms with Crippen LogP contribution in [0.2, 0.25) is 0 Å². The Morgan fingerprint density at radius 2 is 2.05 bits per heavy atom. The van der Waals surface area contributed by atoms with Crippen molar-refractivity contribution in [3.05, 3.63) is 29.3 Å². The van der Waals surface area contributed by atoms with Crippen LogP contribution in [0.3, 0.4) is 0 Å². The highest BCUT2D eigenvalue weighted by atomic mass is 16.2. The number of likely N-dealkylation sites (tertiary alicyclic amines) is 1. The van der Waals surface area contributed by atoms with E-state index in [1.54, 1.807) is 0 Å². The lowest BCUT2D eigenvalue weighted by atomic mass is 9.88. The van der Waals surface area contributed by atoms with Crippen LogP contribution in [0, 0.1) is 12.3 Å². The Hall–Kier alpha value is -1.35. The van der Waals surface area contributed by atoms with Gasteiger partial charge in [0.1, 0.15) is 0 Å². The largest absolute Gasteiger partial charge is 0.308 e. The van der Waals surface area contributed by atoms with Crippen LogP contribution in [0.4, 0.5) is 5.69 Å². The normalized spacial score (nSPS) is 25.0. The second-order valence-corrected chi connectivity index (χ2v) is 8.29. The molecular formula is C19H28N2O. The number of amides is 1. The molecule has 0 aromatic heterocycles. The molecule has 2 aliphatic heterocycles. The lowest BCUT2D eigenvalue weighted by Crippen LogP contribution is -2.47. The quantitative estimate of drug-likeness (QED) is 0.791. The summed E-state index contributed by atoms with van der Waals surface area (Å²) >= 11 is 0. The van der Waals surface area contributed by atoms with Crippen LogP contribution >= 0.6 is 0 Å². The Labute approximate surface area is 134 Å². The van der Waals surface area contributed by atoms with Gasteiger partial charge in [-0.25, -0.2) is 0 Å². The second kappa shape index (κ2) is 5.38. The smallest absolute Gasteiger partial charge is 0.227 e. The maximum atomic E-state index is 13.0. The molecule has 1 amide bonds. The zero-order valence-corrected chi connectivity index (χ0v) is 14.5. The molecule has 3 heteroatoms. The van der Waals surface area contributed by atoms with Gasteiger partial charge in [-0.2, -0.15) is 0 Å². The molecule has 0 radical (unpaired) electrons. The third kappa shape index (κ3) is 2.79. The first-order chi connectivity index (χ1) is 10.3. The van der Waals surface area contributed by atoms with Crippen LogP contribution in [0.15, 0.2) is 18.2 Å². The molecule has 1 fully saturated rings. The SMILES string of the molecule is Cc1ccc2c(c1)[C@H]1CN(C)CC[C@@H]1N2C(=O)CC(C)(C)C. The number of hydrogen-bond acceptors (Lipinski definition) is 2. The van der Waals surface area contributed by atoms with Crippen molar-refractivity contribution in [1.82, 2.24) is 4.90 Å². The van der Waals surface area contributed by atoms with Gasteiger partial charge in [-0.05, 0) is 44.0 Å². The van der Waals surface area contributed by atoms with Crippen LogP contribution in [0.25, 0.3) is 0 Å². The Bertz CT molecular complexity index is 588. The summed E-state index contributed by atoms with van der Waals surface area (Å²) in [4.78, 5) is 17.5. The number of fused-ring (bicyclic) bond motifs is 3. The van der Waals surface area contributed by atoms with Gasteiger partial charge in [0.2, 0.25) is 5.91 Å². The van der Waals surface area contributed by atoms with Crippen LogP contribution in [0.5, 0.6) is 0 Å². The van der Waals surface area contributed by atoms with Gasteiger partial charge in [0.05, 0.1) is 0 Å². The van der Waals surface area contributed by atoms with Crippen LogP contribution in [-0.4, -0.2) is 37.0 Å². The Kier molecular flexibility index (Phi) is 3.80. The summed E-state index contributed by atoms with van der Waals surface area (Å²) in [6, 6.07) is 6.93. The summed E-state index contributed by atoms with van der Waals surface area (Å²) in [7, 11) is 2.19. The van der Waals surface area contributed by atoms with Crippen molar-refractivity contribution in [3.8, 4) is 0 Å². The van der Waals surface area contributed by atoms with Crippen molar-refractivity contribution in [2.24, 2.45) is 5.41 Å². The molecule has 120 valence electrons. The third-order valence-corrected chi connectivity index (χ3v) is 4.90. The molecule has 2 heterocycles. The van der Waals surface area contributed by atoms with E-state index in [9.17, 15) is 4.79 Å². The fraction of sp³-hybridized carbons (Fsp3) is 0.632. The van der Waals surface area contributed by atoms with Crippen molar-refractivity contribution >= 4 is 11.6 Å². The number of hydrogen-bond donors (Lipinski definition) is 0. The van der Waals surface area contributed by atoms with Gasteiger partial charge in [-0.3, -0.25) is 4.79 Å². The molecule has 0 bridgehead atoms. The van der Waals surface area contributed by atoms with Crippen LogP contribution in [0.1, 0.15) is 50.7 Å². The molecule has 3 nitrogen and oxygen atoms in total.